The summed E-state index contributed by atoms with van der Waals surface area (Å²) < 4.78 is 15.5. The maximum Gasteiger partial charge on any atom is 0.339 e. The van der Waals surface area contributed by atoms with E-state index >= 15 is 0 Å². The van der Waals surface area contributed by atoms with Gasteiger partial charge >= 0.3 is 5.97 Å². The van der Waals surface area contributed by atoms with E-state index in [4.69, 9.17) is 19.5 Å². The SMILES string of the molecule is COc1cc(OC)cc(C(=O)O[C@H](C)C(=O)c2ccc(C#N)cc2)c1. The van der Waals surface area contributed by atoms with Crippen LogP contribution in [0.5, 0.6) is 11.5 Å². The Morgan fingerprint density at radius 3 is 2.00 bits per heavy atom. The van der Waals surface area contributed by atoms with Crippen LogP contribution in [0.4, 0.5) is 0 Å². The molecule has 0 saturated heterocycles. The zero-order valence-electron chi connectivity index (χ0n) is 14.1. The largest absolute Gasteiger partial charge is 0.497 e. The van der Waals surface area contributed by atoms with Gasteiger partial charge in [0.05, 0.1) is 31.4 Å². The van der Waals surface area contributed by atoms with Crippen LogP contribution in [0.1, 0.15) is 33.2 Å². The number of carbonyl (C=O) groups is 2. The van der Waals surface area contributed by atoms with Gasteiger partial charge in [-0.05, 0) is 43.3 Å². The maximum atomic E-state index is 12.3. The molecule has 6 nitrogen and oxygen atoms in total. The Morgan fingerprint density at radius 2 is 1.52 bits per heavy atom. The van der Waals surface area contributed by atoms with Gasteiger partial charge in [-0.2, -0.15) is 5.26 Å². The number of esters is 1. The summed E-state index contributed by atoms with van der Waals surface area (Å²) in [5.74, 6) is -0.130. The van der Waals surface area contributed by atoms with E-state index in [9.17, 15) is 9.59 Å². The van der Waals surface area contributed by atoms with Crippen LogP contribution >= 0.6 is 0 Å². The van der Waals surface area contributed by atoms with E-state index in [0.29, 0.717) is 22.6 Å². The van der Waals surface area contributed by atoms with Crippen molar-refractivity contribution >= 4 is 11.8 Å². The Hall–Kier alpha value is -3.33. The van der Waals surface area contributed by atoms with Crippen molar-refractivity contribution in [2.45, 2.75) is 13.0 Å². The van der Waals surface area contributed by atoms with Crippen molar-refractivity contribution in [1.82, 2.24) is 0 Å². The summed E-state index contributed by atoms with van der Waals surface area (Å²) in [5.41, 5.74) is 1.03. The molecular formula is C19H17NO5. The minimum Gasteiger partial charge on any atom is -0.497 e. The highest BCUT2D eigenvalue weighted by Crippen LogP contribution is 2.23. The van der Waals surface area contributed by atoms with Crippen LogP contribution in [0.3, 0.4) is 0 Å². The molecule has 0 fully saturated rings. The van der Waals surface area contributed by atoms with Gasteiger partial charge in [0, 0.05) is 11.6 Å². The zero-order chi connectivity index (χ0) is 18.4. The molecule has 6 heteroatoms. The fourth-order valence-electron chi connectivity index (χ4n) is 2.15. The molecule has 0 aromatic heterocycles. The third-order valence-electron chi connectivity index (χ3n) is 3.54. The van der Waals surface area contributed by atoms with Crippen LogP contribution < -0.4 is 9.47 Å². The van der Waals surface area contributed by atoms with Gasteiger partial charge in [0.1, 0.15) is 11.5 Å². The molecule has 0 aliphatic carbocycles. The van der Waals surface area contributed by atoms with E-state index in [1.165, 1.54) is 57.5 Å². The Kier molecular flexibility index (Phi) is 5.75. The highest BCUT2D eigenvalue weighted by atomic mass is 16.5. The van der Waals surface area contributed by atoms with Crippen molar-refractivity contribution in [3.8, 4) is 17.6 Å². The predicted octanol–water partition coefficient (Wildman–Crippen LogP) is 3.00. The predicted molar refractivity (Wildman–Crippen MR) is 89.9 cm³/mol. The summed E-state index contributed by atoms with van der Waals surface area (Å²) in [7, 11) is 2.95. The van der Waals surface area contributed by atoms with Gasteiger partial charge in [-0.25, -0.2) is 4.79 Å². The molecule has 0 saturated carbocycles. The molecule has 0 aliphatic rings. The lowest BCUT2D eigenvalue weighted by molar-refractivity contribution is 0.0318. The first kappa shape index (κ1) is 18.0. The molecule has 0 N–H and O–H groups in total. The van der Waals surface area contributed by atoms with Crippen LogP contribution in [-0.2, 0) is 4.74 Å². The fraction of sp³-hybridized carbons (Fsp3) is 0.211. The molecule has 2 aromatic rings. The van der Waals surface area contributed by atoms with E-state index in [-0.39, 0.29) is 11.3 Å². The van der Waals surface area contributed by atoms with Crippen molar-refractivity contribution in [2.24, 2.45) is 0 Å². The van der Waals surface area contributed by atoms with Gasteiger partial charge in [-0.3, -0.25) is 4.79 Å². The molecular weight excluding hydrogens is 322 g/mol. The van der Waals surface area contributed by atoms with Crippen LogP contribution in [0.15, 0.2) is 42.5 Å². The van der Waals surface area contributed by atoms with E-state index in [1.54, 1.807) is 6.07 Å². The second kappa shape index (κ2) is 7.97. The average molecular weight is 339 g/mol. The monoisotopic (exact) mass is 339 g/mol. The van der Waals surface area contributed by atoms with Crippen LogP contribution in [0.25, 0.3) is 0 Å². The van der Waals surface area contributed by atoms with Crippen LogP contribution in [0, 0.1) is 11.3 Å². The molecule has 0 aliphatic heterocycles. The van der Waals surface area contributed by atoms with Crippen molar-refractivity contribution in [1.29, 1.82) is 5.26 Å². The number of Topliss-reactive ketones (excluding diaryl/α,β-unsaturated/α-hetero) is 1. The Balaban J connectivity index is 2.13. The number of carbonyl (C=O) groups excluding carboxylic acids is 2. The molecule has 25 heavy (non-hydrogen) atoms. The topological polar surface area (TPSA) is 85.6 Å². The molecule has 0 heterocycles. The standard InChI is InChI=1S/C19H17NO5/c1-12(18(21)14-6-4-13(11-20)5-7-14)25-19(22)15-8-16(23-2)10-17(9-15)24-3/h4-10,12H,1-3H3/t12-/m1/s1. The number of ether oxygens (including phenoxy) is 3. The molecule has 0 bridgehead atoms. The number of hydrogen-bond donors (Lipinski definition) is 0. The molecule has 1 atom stereocenters. The Morgan fingerprint density at radius 1 is 0.960 bits per heavy atom. The fourth-order valence-corrected chi connectivity index (χ4v) is 2.15. The van der Waals surface area contributed by atoms with Gasteiger partial charge in [-0.15, -0.1) is 0 Å². The summed E-state index contributed by atoms with van der Waals surface area (Å²) in [6.45, 7) is 1.50. The van der Waals surface area contributed by atoms with Crippen molar-refractivity contribution < 1.29 is 23.8 Å². The summed E-state index contributed by atoms with van der Waals surface area (Å²) >= 11 is 0. The van der Waals surface area contributed by atoms with E-state index in [2.05, 4.69) is 0 Å². The first-order valence-corrected chi connectivity index (χ1v) is 7.47. The lowest BCUT2D eigenvalue weighted by Gasteiger charge is -2.13. The number of benzene rings is 2. The number of ketones is 1. The van der Waals surface area contributed by atoms with Gasteiger partial charge in [-0.1, -0.05) is 0 Å². The summed E-state index contributed by atoms with van der Waals surface area (Å²) in [6, 6.07) is 12.7. The van der Waals surface area contributed by atoms with Crippen molar-refractivity contribution in [3.05, 3.63) is 59.2 Å². The molecule has 0 spiro atoms. The highest BCUT2D eigenvalue weighted by Gasteiger charge is 2.21. The zero-order valence-corrected chi connectivity index (χ0v) is 14.1. The normalized spacial score (nSPS) is 11.1. The molecule has 0 amide bonds. The van der Waals surface area contributed by atoms with Crippen LogP contribution in [0.2, 0.25) is 0 Å². The van der Waals surface area contributed by atoms with E-state index in [0.717, 1.165) is 0 Å². The molecule has 128 valence electrons. The highest BCUT2D eigenvalue weighted by molar-refractivity contribution is 6.01. The Labute approximate surface area is 145 Å². The average Bonchev–Trinajstić information content (AvgIpc) is 2.66. The minimum absolute atomic E-state index is 0.218. The minimum atomic E-state index is -0.974. The van der Waals surface area contributed by atoms with Gasteiger partial charge < -0.3 is 14.2 Å². The maximum absolute atomic E-state index is 12.3. The van der Waals surface area contributed by atoms with Crippen molar-refractivity contribution in [2.75, 3.05) is 14.2 Å². The van der Waals surface area contributed by atoms with Crippen molar-refractivity contribution in [3.63, 3.8) is 0 Å². The summed E-state index contributed by atoms with van der Waals surface area (Å²) in [4.78, 5) is 24.6. The van der Waals surface area contributed by atoms with E-state index < -0.39 is 12.1 Å². The van der Waals surface area contributed by atoms with Gasteiger partial charge in [0.15, 0.2) is 6.10 Å². The number of nitriles is 1. The lowest BCUT2D eigenvalue weighted by Crippen LogP contribution is -2.24. The molecule has 0 radical (unpaired) electrons. The number of hydrogen-bond acceptors (Lipinski definition) is 6. The molecule has 2 aromatic carbocycles. The first-order chi connectivity index (χ1) is 12.0. The quantitative estimate of drug-likeness (QED) is 0.594. The lowest BCUT2D eigenvalue weighted by atomic mass is 10.1. The third-order valence-corrected chi connectivity index (χ3v) is 3.54. The smallest absolute Gasteiger partial charge is 0.339 e. The van der Waals surface area contributed by atoms with Gasteiger partial charge in [0.2, 0.25) is 5.78 Å². The number of nitrogens with zero attached hydrogens (tertiary/aromatic N) is 1. The third kappa shape index (κ3) is 4.36. The summed E-state index contributed by atoms with van der Waals surface area (Å²) in [6.07, 6.45) is -0.974. The first-order valence-electron chi connectivity index (χ1n) is 7.47. The van der Waals surface area contributed by atoms with E-state index in [1.807, 2.05) is 6.07 Å². The molecule has 0 unspecified atom stereocenters. The molecule has 2 rings (SSSR count). The summed E-state index contributed by atoms with van der Waals surface area (Å²) in [5, 5.41) is 8.78. The second-order valence-electron chi connectivity index (χ2n) is 5.20. The second-order valence-corrected chi connectivity index (χ2v) is 5.20. The van der Waals surface area contributed by atoms with Gasteiger partial charge in [0.25, 0.3) is 0 Å². The number of rotatable bonds is 6. The van der Waals surface area contributed by atoms with Crippen LogP contribution in [-0.4, -0.2) is 32.1 Å². The Bertz CT molecular complexity index is 798. The number of methoxy groups -OCH3 is 2.